The van der Waals surface area contributed by atoms with Crippen LogP contribution in [0.3, 0.4) is 0 Å². The molecule has 2 radical (unpaired) electrons. The molecule has 0 amide bonds. The van der Waals surface area contributed by atoms with Gasteiger partial charge >= 0.3 is 6.61 Å². The van der Waals surface area contributed by atoms with Crippen LogP contribution in [0.5, 0.6) is 0 Å². The predicted octanol–water partition coefficient (Wildman–Crippen LogP) is 1.62. The highest BCUT2D eigenvalue weighted by Crippen LogP contribution is 2.12. The van der Waals surface area contributed by atoms with Gasteiger partial charge in [-0.3, -0.25) is 0 Å². The Morgan fingerprint density at radius 2 is 1.57 bits per heavy atom. The number of rotatable bonds is 0. The van der Waals surface area contributed by atoms with E-state index in [9.17, 15) is 8.78 Å². The molecule has 0 atom stereocenters. The van der Waals surface area contributed by atoms with Gasteiger partial charge in [0.1, 0.15) is 0 Å². The molecule has 0 heterocycles. The summed E-state index contributed by atoms with van der Waals surface area (Å²) in [6.07, 6.45) is 5.00. The Hall–Kier alpha value is -0.180. The van der Waals surface area contributed by atoms with E-state index >= 15 is 0 Å². The van der Waals surface area contributed by atoms with Crippen LogP contribution in [-0.2, 0) is 5.11 Å². The fraction of sp³-hybridized carbons (Fsp3) is 0.750. The van der Waals surface area contributed by atoms with Crippen LogP contribution in [0.1, 0.15) is 12.8 Å². The largest absolute Gasteiger partial charge is 0.371 e. The molecule has 0 aromatic heterocycles. The zero-order valence-corrected chi connectivity index (χ0v) is 3.73. The van der Waals surface area contributed by atoms with Gasteiger partial charge in [0.05, 0.1) is 0 Å². The molecule has 0 unspecified atom stereocenters. The molecule has 1 saturated carbocycles. The smallest absolute Gasteiger partial charge is 0.176 e. The minimum Gasteiger partial charge on any atom is -0.176 e. The van der Waals surface area contributed by atoms with Gasteiger partial charge in [-0.05, 0) is 19.3 Å². The lowest BCUT2D eigenvalue weighted by molar-refractivity contribution is -0.123. The standard InChI is InChI=1S/C3H5.CHF2O/c1-2-3-1;2-1(3)4/h1H,2-3H2;1H. The SMILES string of the molecule is [CH]1CC1.[O]C(F)F. The highest BCUT2D eigenvalue weighted by Gasteiger charge is 1.95. The summed E-state index contributed by atoms with van der Waals surface area (Å²) < 4.78 is 19.6. The molecule has 0 saturated heterocycles. The van der Waals surface area contributed by atoms with E-state index in [1.54, 1.807) is 0 Å². The van der Waals surface area contributed by atoms with Crippen molar-refractivity contribution in [2.45, 2.75) is 19.5 Å². The number of hydrogen-bond acceptors (Lipinski definition) is 0. The highest BCUT2D eigenvalue weighted by molar-refractivity contribution is 4.79. The first-order valence-electron chi connectivity index (χ1n) is 1.99. The second kappa shape index (κ2) is 3.99. The maximum Gasteiger partial charge on any atom is 0.371 e. The van der Waals surface area contributed by atoms with E-state index < -0.39 is 6.61 Å². The van der Waals surface area contributed by atoms with Crippen LogP contribution in [0.15, 0.2) is 0 Å². The first-order valence-corrected chi connectivity index (χ1v) is 1.99. The Bertz CT molecular complexity index is 31.2. The van der Waals surface area contributed by atoms with Crippen molar-refractivity contribution in [1.29, 1.82) is 0 Å². The van der Waals surface area contributed by atoms with Gasteiger partial charge in [0.2, 0.25) is 0 Å². The normalized spacial score (nSPS) is 15.4. The maximum atomic E-state index is 9.78. The van der Waals surface area contributed by atoms with E-state index in [2.05, 4.69) is 6.42 Å². The first-order chi connectivity index (χ1) is 3.23. The molecule has 0 N–H and O–H groups in total. The van der Waals surface area contributed by atoms with Crippen molar-refractivity contribution in [3.63, 3.8) is 0 Å². The molecule has 1 aliphatic carbocycles. The van der Waals surface area contributed by atoms with Crippen LogP contribution >= 0.6 is 0 Å². The Labute approximate surface area is 41.0 Å². The van der Waals surface area contributed by atoms with E-state index in [1.807, 2.05) is 0 Å². The summed E-state index contributed by atoms with van der Waals surface area (Å²) in [5.74, 6) is 0. The quantitative estimate of drug-likeness (QED) is 0.449. The predicted molar refractivity (Wildman–Crippen MR) is 20.2 cm³/mol. The van der Waals surface area contributed by atoms with Crippen molar-refractivity contribution in [1.82, 2.24) is 0 Å². The zero-order valence-electron chi connectivity index (χ0n) is 3.73. The lowest BCUT2D eigenvalue weighted by atomic mass is 11.0. The summed E-state index contributed by atoms with van der Waals surface area (Å²) in [5.41, 5.74) is 0. The van der Waals surface area contributed by atoms with E-state index in [4.69, 9.17) is 5.11 Å². The molecule has 1 fully saturated rings. The van der Waals surface area contributed by atoms with Crippen LogP contribution in [-0.4, -0.2) is 6.61 Å². The third-order valence-corrected chi connectivity index (χ3v) is 0.289. The first kappa shape index (κ1) is 6.82. The van der Waals surface area contributed by atoms with Gasteiger partial charge in [0, 0.05) is 0 Å². The molecule has 7 heavy (non-hydrogen) atoms. The number of alkyl halides is 2. The van der Waals surface area contributed by atoms with Crippen molar-refractivity contribution in [3.05, 3.63) is 6.42 Å². The van der Waals surface area contributed by atoms with Crippen molar-refractivity contribution >= 4 is 0 Å². The fourth-order valence-electron chi connectivity index (χ4n) is 0. The van der Waals surface area contributed by atoms with E-state index in [0.29, 0.717) is 0 Å². The van der Waals surface area contributed by atoms with Gasteiger partial charge in [-0.2, -0.15) is 13.9 Å². The van der Waals surface area contributed by atoms with Crippen molar-refractivity contribution in [3.8, 4) is 0 Å². The van der Waals surface area contributed by atoms with E-state index in [1.165, 1.54) is 12.8 Å². The Kier molecular flexibility index (Phi) is 3.89. The number of halogens is 2. The van der Waals surface area contributed by atoms with Crippen molar-refractivity contribution < 1.29 is 13.9 Å². The summed E-state index contributed by atoms with van der Waals surface area (Å²) in [7, 11) is 0. The molecule has 0 spiro atoms. The molecule has 0 aromatic carbocycles. The molecule has 42 valence electrons. The minimum atomic E-state index is -3.42. The fourth-order valence-corrected chi connectivity index (χ4v) is 0. The second-order valence-corrected chi connectivity index (χ2v) is 1.13. The molecule has 0 aromatic rings. The zero-order chi connectivity index (χ0) is 5.70. The second-order valence-electron chi connectivity index (χ2n) is 1.13. The third kappa shape index (κ3) is 126. The van der Waals surface area contributed by atoms with Crippen LogP contribution in [0.4, 0.5) is 8.78 Å². The maximum absolute atomic E-state index is 9.78. The summed E-state index contributed by atoms with van der Waals surface area (Å²) in [6, 6.07) is 0. The van der Waals surface area contributed by atoms with Crippen molar-refractivity contribution in [2.75, 3.05) is 0 Å². The van der Waals surface area contributed by atoms with Gasteiger partial charge in [-0.1, -0.05) is 0 Å². The Balaban J connectivity index is 0.000000105. The summed E-state index contributed by atoms with van der Waals surface area (Å²) >= 11 is 0. The van der Waals surface area contributed by atoms with Gasteiger partial charge in [-0.25, -0.2) is 0 Å². The molecule has 0 bridgehead atoms. The average Bonchev–Trinajstić information content (AvgIpc) is 2.02. The van der Waals surface area contributed by atoms with Crippen LogP contribution in [0.25, 0.3) is 0 Å². The van der Waals surface area contributed by atoms with Crippen LogP contribution in [0.2, 0.25) is 0 Å². The van der Waals surface area contributed by atoms with E-state index in [-0.39, 0.29) is 0 Å². The summed E-state index contributed by atoms with van der Waals surface area (Å²) in [6.45, 7) is -3.42. The molecule has 1 aliphatic rings. The molecular formula is C4H6F2O. The average molecular weight is 108 g/mol. The summed E-state index contributed by atoms with van der Waals surface area (Å²) in [5, 5.41) is 8.19. The van der Waals surface area contributed by atoms with Gasteiger partial charge in [0.25, 0.3) is 0 Å². The van der Waals surface area contributed by atoms with Gasteiger partial charge in [0.15, 0.2) is 0 Å². The van der Waals surface area contributed by atoms with Gasteiger partial charge in [-0.15, -0.1) is 0 Å². The monoisotopic (exact) mass is 108 g/mol. The van der Waals surface area contributed by atoms with Crippen LogP contribution in [0, 0.1) is 6.42 Å². The summed E-state index contributed by atoms with van der Waals surface area (Å²) in [4.78, 5) is 0. The van der Waals surface area contributed by atoms with Crippen molar-refractivity contribution in [2.24, 2.45) is 0 Å². The highest BCUT2D eigenvalue weighted by atomic mass is 19.3. The Morgan fingerprint density at radius 1 is 1.43 bits per heavy atom. The van der Waals surface area contributed by atoms with Crippen LogP contribution < -0.4 is 0 Å². The molecular weight excluding hydrogens is 102 g/mol. The molecule has 1 nitrogen and oxygen atoms in total. The minimum absolute atomic E-state index is 1.38. The molecule has 3 heteroatoms. The Morgan fingerprint density at radius 3 is 1.57 bits per heavy atom. The van der Waals surface area contributed by atoms with E-state index in [0.717, 1.165) is 0 Å². The van der Waals surface area contributed by atoms with Gasteiger partial charge < -0.3 is 0 Å². The topological polar surface area (TPSA) is 19.9 Å². The number of hydrogen-bond donors (Lipinski definition) is 0. The lowest BCUT2D eigenvalue weighted by Crippen LogP contribution is -1.74. The third-order valence-electron chi connectivity index (χ3n) is 0.289. The molecule has 0 aliphatic heterocycles. The molecule has 1 rings (SSSR count). The lowest BCUT2D eigenvalue weighted by Gasteiger charge is -1.65.